The van der Waals surface area contributed by atoms with Crippen molar-refractivity contribution in [1.29, 1.82) is 0 Å². The standard InChI is InChI=1S/C20H23Cl2N9O2/c1-30(14-5-3-2-4-6-14)11-16-17(25-29-31(16)19-18(23)27-33-28-19)20(32)26-24-10-12-7-8-13(21)9-15(12)22/h7-10,14H,2-6,11H2,1H3,(H2,23,27)(H,26,32). The number of benzene rings is 1. The van der Waals surface area contributed by atoms with Gasteiger partial charge < -0.3 is 5.73 Å². The highest BCUT2D eigenvalue weighted by atomic mass is 35.5. The number of nitrogens with one attached hydrogen (secondary N) is 1. The van der Waals surface area contributed by atoms with Crippen LogP contribution in [0.5, 0.6) is 0 Å². The number of hydrogen-bond acceptors (Lipinski definition) is 9. The molecule has 3 N–H and O–H groups in total. The maximum atomic E-state index is 12.9. The summed E-state index contributed by atoms with van der Waals surface area (Å²) in [5.74, 6) is -0.321. The van der Waals surface area contributed by atoms with E-state index in [1.807, 2.05) is 7.05 Å². The average molecular weight is 492 g/mol. The Morgan fingerprint density at radius 2 is 2.12 bits per heavy atom. The molecule has 1 aliphatic carbocycles. The van der Waals surface area contributed by atoms with Crippen LogP contribution in [-0.2, 0) is 6.54 Å². The number of rotatable bonds is 7. The monoisotopic (exact) mass is 491 g/mol. The number of carbonyl (C=O) groups is 1. The molecule has 3 aromatic rings. The molecule has 11 nitrogen and oxygen atoms in total. The van der Waals surface area contributed by atoms with Gasteiger partial charge in [0.15, 0.2) is 5.69 Å². The van der Waals surface area contributed by atoms with Crippen LogP contribution in [0.15, 0.2) is 27.9 Å². The number of nitrogens with two attached hydrogens (primary N) is 1. The normalized spacial score (nSPS) is 14.9. The zero-order valence-corrected chi connectivity index (χ0v) is 19.4. The zero-order chi connectivity index (χ0) is 23.4. The van der Waals surface area contributed by atoms with E-state index >= 15 is 0 Å². The summed E-state index contributed by atoms with van der Waals surface area (Å²) >= 11 is 12.0. The fraction of sp³-hybridized carbons (Fsp3) is 0.400. The minimum absolute atomic E-state index is 0.0452. The molecule has 4 rings (SSSR count). The van der Waals surface area contributed by atoms with Gasteiger partial charge in [-0.15, -0.1) is 5.10 Å². The second kappa shape index (κ2) is 10.3. The molecule has 0 aliphatic heterocycles. The first kappa shape index (κ1) is 23.1. The minimum atomic E-state index is -0.537. The summed E-state index contributed by atoms with van der Waals surface area (Å²) in [5, 5.41) is 20.4. The molecule has 2 aromatic heterocycles. The van der Waals surface area contributed by atoms with Gasteiger partial charge in [0.05, 0.1) is 16.9 Å². The van der Waals surface area contributed by atoms with E-state index in [0.717, 1.165) is 12.8 Å². The van der Waals surface area contributed by atoms with Crippen molar-refractivity contribution in [2.75, 3.05) is 12.8 Å². The van der Waals surface area contributed by atoms with E-state index in [9.17, 15) is 4.79 Å². The first-order valence-electron chi connectivity index (χ1n) is 10.5. The number of hydrogen-bond donors (Lipinski definition) is 2. The molecule has 1 aliphatic rings. The van der Waals surface area contributed by atoms with Gasteiger partial charge >= 0.3 is 0 Å². The Hall–Kier alpha value is -3.02. The van der Waals surface area contributed by atoms with Gasteiger partial charge in [-0.25, -0.2) is 10.1 Å². The number of hydrazone groups is 1. The minimum Gasteiger partial charge on any atom is -0.378 e. The van der Waals surface area contributed by atoms with Crippen molar-refractivity contribution in [1.82, 2.24) is 35.6 Å². The van der Waals surface area contributed by atoms with E-state index in [4.69, 9.17) is 33.6 Å². The number of amides is 1. The Morgan fingerprint density at radius 3 is 2.82 bits per heavy atom. The summed E-state index contributed by atoms with van der Waals surface area (Å²) in [4.78, 5) is 15.1. The van der Waals surface area contributed by atoms with Gasteiger partial charge in [0, 0.05) is 23.2 Å². The predicted molar refractivity (Wildman–Crippen MR) is 123 cm³/mol. The van der Waals surface area contributed by atoms with Crippen LogP contribution in [0, 0.1) is 0 Å². The number of nitrogens with zero attached hydrogens (tertiary/aromatic N) is 7. The Morgan fingerprint density at radius 1 is 1.33 bits per heavy atom. The van der Waals surface area contributed by atoms with Gasteiger partial charge in [-0.05, 0) is 42.3 Å². The van der Waals surface area contributed by atoms with Crippen LogP contribution in [0.3, 0.4) is 0 Å². The molecule has 1 saturated carbocycles. The highest BCUT2D eigenvalue weighted by Crippen LogP contribution is 2.25. The molecule has 1 aromatic carbocycles. The molecule has 0 unspecified atom stereocenters. The fourth-order valence-corrected chi connectivity index (χ4v) is 4.29. The lowest BCUT2D eigenvalue weighted by Gasteiger charge is -2.31. The van der Waals surface area contributed by atoms with E-state index in [1.54, 1.807) is 18.2 Å². The van der Waals surface area contributed by atoms with Crippen LogP contribution in [0.4, 0.5) is 5.82 Å². The lowest BCUT2D eigenvalue weighted by Crippen LogP contribution is -2.34. The van der Waals surface area contributed by atoms with Crippen LogP contribution in [0.2, 0.25) is 10.0 Å². The first-order valence-corrected chi connectivity index (χ1v) is 11.2. The number of nitrogen functional groups attached to an aromatic ring is 1. The number of anilines is 1. The average Bonchev–Trinajstić information content (AvgIpc) is 3.41. The van der Waals surface area contributed by atoms with E-state index in [0.29, 0.717) is 33.9 Å². The molecule has 13 heteroatoms. The Bertz CT molecular complexity index is 1150. The van der Waals surface area contributed by atoms with Crippen LogP contribution >= 0.6 is 23.2 Å². The molecule has 0 spiro atoms. The van der Waals surface area contributed by atoms with E-state index in [-0.39, 0.29) is 17.3 Å². The van der Waals surface area contributed by atoms with Crippen molar-refractivity contribution in [3.05, 3.63) is 45.2 Å². The summed E-state index contributed by atoms with van der Waals surface area (Å²) < 4.78 is 6.08. The Kier molecular flexibility index (Phi) is 7.21. The third-order valence-corrected chi connectivity index (χ3v) is 6.17. The molecule has 174 valence electrons. The lowest BCUT2D eigenvalue weighted by atomic mass is 9.94. The van der Waals surface area contributed by atoms with Crippen molar-refractivity contribution in [3.63, 3.8) is 0 Å². The molecular weight excluding hydrogens is 469 g/mol. The van der Waals surface area contributed by atoms with Gasteiger partial charge in [0.25, 0.3) is 5.91 Å². The van der Waals surface area contributed by atoms with Gasteiger partial charge in [-0.3, -0.25) is 9.69 Å². The third kappa shape index (κ3) is 5.32. The van der Waals surface area contributed by atoms with Gasteiger partial charge in [0.1, 0.15) is 0 Å². The molecule has 0 atom stereocenters. The van der Waals surface area contributed by atoms with Crippen molar-refractivity contribution in [3.8, 4) is 5.82 Å². The van der Waals surface area contributed by atoms with Gasteiger partial charge in [0.2, 0.25) is 11.6 Å². The predicted octanol–water partition coefficient (Wildman–Crippen LogP) is 3.07. The quantitative estimate of drug-likeness (QED) is 0.379. The van der Waals surface area contributed by atoms with Gasteiger partial charge in [-0.2, -0.15) is 9.78 Å². The topological polar surface area (TPSA) is 140 Å². The highest BCUT2D eigenvalue weighted by Gasteiger charge is 2.27. The number of carbonyl (C=O) groups excluding carboxylic acids is 1. The summed E-state index contributed by atoms with van der Waals surface area (Å²) in [7, 11) is 2.01. The highest BCUT2D eigenvalue weighted by molar-refractivity contribution is 6.36. The second-order valence-corrected chi connectivity index (χ2v) is 8.69. The van der Waals surface area contributed by atoms with Gasteiger partial charge in [-0.1, -0.05) is 53.7 Å². The number of aromatic nitrogens is 5. The molecular formula is C20H23Cl2N9O2. The maximum Gasteiger partial charge on any atom is 0.293 e. The van der Waals surface area contributed by atoms with E-state index < -0.39 is 5.91 Å². The lowest BCUT2D eigenvalue weighted by molar-refractivity contribution is 0.0947. The Labute approximate surface area is 199 Å². The van der Waals surface area contributed by atoms with Crippen molar-refractivity contribution in [2.24, 2.45) is 5.10 Å². The number of halogens is 2. The van der Waals surface area contributed by atoms with Crippen molar-refractivity contribution >= 4 is 41.1 Å². The Balaban J connectivity index is 1.57. The van der Waals surface area contributed by atoms with Crippen LogP contribution in [-0.4, -0.2) is 55.4 Å². The molecule has 2 heterocycles. The molecule has 0 saturated heterocycles. The third-order valence-electron chi connectivity index (χ3n) is 5.60. The molecule has 1 fully saturated rings. The largest absolute Gasteiger partial charge is 0.378 e. The SMILES string of the molecule is CN(Cc1c(C(=O)NN=Cc2ccc(Cl)cc2Cl)nnn1-c1nonc1N)C1CCCCC1. The molecule has 33 heavy (non-hydrogen) atoms. The zero-order valence-electron chi connectivity index (χ0n) is 17.9. The smallest absolute Gasteiger partial charge is 0.293 e. The molecule has 0 radical (unpaired) electrons. The first-order chi connectivity index (χ1) is 15.9. The molecule has 0 bridgehead atoms. The van der Waals surface area contributed by atoms with Crippen molar-refractivity contribution < 1.29 is 9.42 Å². The van der Waals surface area contributed by atoms with Crippen LogP contribution < -0.4 is 11.2 Å². The van der Waals surface area contributed by atoms with E-state index in [1.165, 1.54) is 30.2 Å². The second-order valence-electron chi connectivity index (χ2n) is 7.84. The summed E-state index contributed by atoms with van der Waals surface area (Å²) in [6.07, 6.45) is 7.23. The van der Waals surface area contributed by atoms with Crippen molar-refractivity contribution in [2.45, 2.75) is 44.7 Å². The maximum absolute atomic E-state index is 12.9. The molecule has 1 amide bonds. The van der Waals surface area contributed by atoms with Crippen LogP contribution in [0.1, 0.15) is 53.8 Å². The summed E-state index contributed by atoms with van der Waals surface area (Å²) in [6, 6.07) is 5.36. The van der Waals surface area contributed by atoms with E-state index in [2.05, 4.69) is 36.1 Å². The summed E-state index contributed by atoms with van der Waals surface area (Å²) in [5.41, 5.74) is 9.52. The van der Waals surface area contributed by atoms with Crippen LogP contribution in [0.25, 0.3) is 5.82 Å². The fourth-order valence-electron chi connectivity index (χ4n) is 3.83. The summed E-state index contributed by atoms with van der Waals surface area (Å²) in [6.45, 7) is 0.402.